The standard InChI is InChI=1S/C14H20N4O2/c1-2-9-20-14-6-4-3-5-13(14)15-10-12-11-18(7-8-19)17-16-12/h3-6,11,15,19H,2,7-10H2,1H3. The number of anilines is 1. The molecule has 108 valence electrons. The highest BCUT2D eigenvalue weighted by Gasteiger charge is 2.04. The molecule has 20 heavy (non-hydrogen) atoms. The molecule has 0 bridgehead atoms. The summed E-state index contributed by atoms with van der Waals surface area (Å²) in [5.41, 5.74) is 1.77. The number of hydrogen-bond acceptors (Lipinski definition) is 5. The summed E-state index contributed by atoms with van der Waals surface area (Å²) < 4.78 is 7.30. The number of aromatic nitrogens is 3. The van der Waals surface area contributed by atoms with Gasteiger partial charge in [0.2, 0.25) is 0 Å². The Kier molecular flexibility index (Phi) is 5.37. The Morgan fingerprint density at radius 1 is 1.35 bits per heavy atom. The van der Waals surface area contributed by atoms with Crippen LogP contribution in [-0.4, -0.2) is 33.3 Å². The molecule has 0 saturated carbocycles. The fourth-order valence-corrected chi connectivity index (χ4v) is 1.77. The van der Waals surface area contributed by atoms with Crippen molar-refractivity contribution in [3.05, 3.63) is 36.2 Å². The van der Waals surface area contributed by atoms with Crippen molar-refractivity contribution in [2.24, 2.45) is 0 Å². The number of nitrogens with one attached hydrogen (secondary N) is 1. The molecule has 2 N–H and O–H groups in total. The van der Waals surface area contributed by atoms with Crippen molar-refractivity contribution in [2.45, 2.75) is 26.4 Å². The number of benzene rings is 1. The van der Waals surface area contributed by atoms with Gasteiger partial charge in [0.1, 0.15) is 11.4 Å². The molecule has 0 aliphatic rings. The molecule has 0 saturated heterocycles. The third-order valence-electron chi connectivity index (χ3n) is 2.72. The maximum Gasteiger partial charge on any atom is 0.142 e. The number of rotatable bonds is 8. The van der Waals surface area contributed by atoms with Crippen molar-refractivity contribution in [3.63, 3.8) is 0 Å². The molecule has 1 aromatic carbocycles. The van der Waals surface area contributed by atoms with Crippen molar-refractivity contribution < 1.29 is 9.84 Å². The smallest absolute Gasteiger partial charge is 0.142 e. The number of aliphatic hydroxyl groups excluding tert-OH is 1. The first kappa shape index (κ1) is 14.3. The van der Waals surface area contributed by atoms with Crippen LogP contribution in [0.4, 0.5) is 5.69 Å². The van der Waals surface area contributed by atoms with Gasteiger partial charge >= 0.3 is 0 Å². The molecule has 0 aliphatic heterocycles. The normalized spacial score (nSPS) is 10.5. The summed E-state index contributed by atoms with van der Waals surface area (Å²) >= 11 is 0. The number of aliphatic hydroxyl groups is 1. The van der Waals surface area contributed by atoms with Gasteiger partial charge in [-0.25, -0.2) is 4.68 Å². The van der Waals surface area contributed by atoms with Gasteiger partial charge in [0.05, 0.1) is 38.2 Å². The Hall–Kier alpha value is -2.08. The summed E-state index contributed by atoms with van der Waals surface area (Å²) in [4.78, 5) is 0. The zero-order valence-electron chi connectivity index (χ0n) is 11.6. The number of hydrogen-bond donors (Lipinski definition) is 2. The maximum absolute atomic E-state index is 8.83. The van der Waals surface area contributed by atoms with Crippen LogP contribution < -0.4 is 10.1 Å². The molecule has 0 aliphatic carbocycles. The monoisotopic (exact) mass is 276 g/mol. The minimum absolute atomic E-state index is 0.0594. The van der Waals surface area contributed by atoms with Crippen molar-refractivity contribution in [2.75, 3.05) is 18.5 Å². The quantitative estimate of drug-likeness (QED) is 0.767. The van der Waals surface area contributed by atoms with Crippen LogP contribution in [0.1, 0.15) is 19.0 Å². The van der Waals surface area contributed by atoms with E-state index < -0.39 is 0 Å². The highest BCUT2D eigenvalue weighted by Crippen LogP contribution is 2.24. The highest BCUT2D eigenvalue weighted by molar-refractivity contribution is 5.56. The van der Waals surface area contributed by atoms with E-state index in [0.29, 0.717) is 19.7 Å². The van der Waals surface area contributed by atoms with Crippen molar-refractivity contribution in [3.8, 4) is 5.75 Å². The van der Waals surface area contributed by atoms with Crippen LogP contribution in [-0.2, 0) is 13.1 Å². The Bertz CT molecular complexity index is 527. The predicted octanol–water partition coefficient (Wildman–Crippen LogP) is 1.67. The molecule has 0 unspecified atom stereocenters. The lowest BCUT2D eigenvalue weighted by atomic mass is 10.3. The summed E-state index contributed by atoms with van der Waals surface area (Å²) in [5.74, 6) is 0.845. The van der Waals surface area contributed by atoms with Crippen LogP contribution in [0.15, 0.2) is 30.5 Å². The first-order valence-electron chi connectivity index (χ1n) is 6.79. The number of para-hydroxylation sites is 2. The third kappa shape index (κ3) is 3.96. The summed E-state index contributed by atoms with van der Waals surface area (Å²) in [6.07, 6.45) is 2.79. The largest absolute Gasteiger partial charge is 0.491 e. The van der Waals surface area contributed by atoms with E-state index in [9.17, 15) is 0 Å². The molecule has 0 radical (unpaired) electrons. The fraction of sp³-hybridized carbons (Fsp3) is 0.429. The van der Waals surface area contributed by atoms with E-state index in [1.165, 1.54) is 0 Å². The van der Waals surface area contributed by atoms with E-state index in [1.807, 2.05) is 30.5 Å². The number of nitrogens with zero attached hydrogens (tertiary/aromatic N) is 3. The SMILES string of the molecule is CCCOc1ccccc1NCc1cn(CCO)nn1. The summed E-state index contributed by atoms with van der Waals surface area (Å²) in [6, 6.07) is 7.83. The van der Waals surface area contributed by atoms with Gasteiger partial charge in [0.15, 0.2) is 0 Å². The average molecular weight is 276 g/mol. The molecule has 0 atom stereocenters. The van der Waals surface area contributed by atoms with Crippen LogP contribution >= 0.6 is 0 Å². The minimum Gasteiger partial charge on any atom is -0.491 e. The lowest BCUT2D eigenvalue weighted by Gasteiger charge is -2.11. The molecular formula is C14H20N4O2. The van der Waals surface area contributed by atoms with Gasteiger partial charge < -0.3 is 15.2 Å². The predicted molar refractivity (Wildman–Crippen MR) is 76.7 cm³/mol. The van der Waals surface area contributed by atoms with E-state index in [0.717, 1.165) is 23.6 Å². The van der Waals surface area contributed by atoms with E-state index in [-0.39, 0.29) is 6.61 Å². The molecule has 0 amide bonds. The van der Waals surface area contributed by atoms with Gasteiger partial charge in [-0.1, -0.05) is 24.3 Å². The summed E-state index contributed by atoms with van der Waals surface area (Å²) in [5, 5.41) is 20.1. The first-order valence-corrected chi connectivity index (χ1v) is 6.79. The van der Waals surface area contributed by atoms with Crippen LogP contribution in [0.25, 0.3) is 0 Å². The van der Waals surface area contributed by atoms with Crippen LogP contribution in [0, 0.1) is 0 Å². The van der Waals surface area contributed by atoms with E-state index in [1.54, 1.807) is 4.68 Å². The molecule has 0 fully saturated rings. The molecular weight excluding hydrogens is 256 g/mol. The van der Waals surface area contributed by atoms with Crippen LogP contribution in [0.2, 0.25) is 0 Å². The van der Waals surface area contributed by atoms with Gasteiger partial charge in [-0.15, -0.1) is 5.10 Å². The Balaban J connectivity index is 1.95. The molecule has 0 spiro atoms. The van der Waals surface area contributed by atoms with E-state index in [4.69, 9.17) is 9.84 Å². The Morgan fingerprint density at radius 3 is 3.00 bits per heavy atom. The second kappa shape index (κ2) is 7.49. The van der Waals surface area contributed by atoms with Crippen molar-refractivity contribution in [1.82, 2.24) is 15.0 Å². The molecule has 6 heteroatoms. The second-order valence-corrected chi connectivity index (χ2v) is 4.39. The van der Waals surface area contributed by atoms with Gasteiger partial charge in [-0.3, -0.25) is 0 Å². The minimum atomic E-state index is 0.0594. The summed E-state index contributed by atoms with van der Waals surface area (Å²) in [7, 11) is 0. The summed E-state index contributed by atoms with van der Waals surface area (Å²) in [6.45, 7) is 3.87. The van der Waals surface area contributed by atoms with Gasteiger partial charge in [0.25, 0.3) is 0 Å². The van der Waals surface area contributed by atoms with Crippen LogP contribution in [0.5, 0.6) is 5.75 Å². The maximum atomic E-state index is 8.83. The average Bonchev–Trinajstić information content (AvgIpc) is 2.92. The first-order chi connectivity index (χ1) is 9.83. The van der Waals surface area contributed by atoms with E-state index >= 15 is 0 Å². The third-order valence-corrected chi connectivity index (χ3v) is 2.72. The fourth-order valence-electron chi connectivity index (χ4n) is 1.77. The van der Waals surface area contributed by atoms with E-state index in [2.05, 4.69) is 22.6 Å². The Morgan fingerprint density at radius 2 is 2.20 bits per heavy atom. The van der Waals surface area contributed by atoms with Gasteiger partial charge in [0, 0.05) is 0 Å². The number of ether oxygens (including phenoxy) is 1. The molecule has 1 aromatic heterocycles. The zero-order chi connectivity index (χ0) is 14.2. The molecule has 1 heterocycles. The van der Waals surface area contributed by atoms with Crippen molar-refractivity contribution in [1.29, 1.82) is 0 Å². The molecule has 2 aromatic rings. The van der Waals surface area contributed by atoms with Crippen LogP contribution in [0.3, 0.4) is 0 Å². The lowest BCUT2D eigenvalue weighted by Crippen LogP contribution is -2.04. The molecule has 2 rings (SSSR count). The second-order valence-electron chi connectivity index (χ2n) is 4.39. The van der Waals surface area contributed by atoms with Gasteiger partial charge in [-0.05, 0) is 18.6 Å². The van der Waals surface area contributed by atoms with Crippen molar-refractivity contribution >= 4 is 5.69 Å². The Labute approximate surface area is 118 Å². The topological polar surface area (TPSA) is 72.2 Å². The highest BCUT2D eigenvalue weighted by atomic mass is 16.5. The zero-order valence-corrected chi connectivity index (χ0v) is 11.6. The lowest BCUT2D eigenvalue weighted by molar-refractivity contribution is 0.268. The van der Waals surface area contributed by atoms with Gasteiger partial charge in [-0.2, -0.15) is 0 Å². The molecule has 6 nitrogen and oxygen atoms in total.